The first-order chi connectivity index (χ1) is 7.84. The molecule has 1 aliphatic rings. The van der Waals surface area contributed by atoms with Crippen molar-refractivity contribution in [2.45, 2.75) is 17.9 Å². The van der Waals surface area contributed by atoms with Gasteiger partial charge in [0.2, 0.25) is 9.84 Å². The van der Waals surface area contributed by atoms with Crippen LogP contribution in [-0.4, -0.2) is 30.7 Å². The summed E-state index contributed by atoms with van der Waals surface area (Å²) in [6.45, 7) is 1.41. The van der Waals surface area contributed by atoms with Gasteiger partial charge in [0.1, 0.15) is 0 Å². The molecule has 6 nitrogen and oxygen atoms in total. The highest BCUT2D eigenvalue weighted by atomic mass is 32.2. The summed E-state index contributed by atoms with van der Waals surface area (Å²) in [5, 5.41) is 10.5. The Labute approximate surface area is 97.2 Å². The predicted molar refractivity (Wildman–Crippen MR) is 58.7 cm³/mol. The Bertz CT molecular complexity index is 620. The van der Waals surface area contributed by atoms with Crippen molar-refractivity contribution in [3.63, 3.8) is 0 Å². The first-order valence-corrected chi connectivity index (χ1v) is 6.25. The third-order valence-electron chi connectivity index (χ3n) is 2.51. The molecule has 0 radical (unpaired) electrons. The van der Waals surface area contributed by atoms with Crippen LogP contribution in [0.4, 0.5) is 5.69 Å². The Balaban J connectivity index is 2.67. The Morgan fingerprint density at radius 2 is 2.06 bits per heavy atom. The van der Waals surface area contributed by atoms with Gasteiger partial charge in [0.15, 0.2) is 0 Å². The third kappa shape index (κ3) is 1.68. The molecule has 17 heavy (non-hydrogen) atoms. The molecule has 1 atom stereocenters. The van der Waals surface area contributed by atoms with E-state index < -0.39 is 27.0 Å². The Morgan fingerprint density at radius 1 is 1.41 bits per heavy atom. The molecule has 0 bridgehead atoms. The third-order valence-corrected chi connectivity index (χ3v) is 4.32. The van der Waals surface area contributed by atoms with Crippen LogP contribution >= 0.6 is 0 Å². The first-order valence-electron chi connectivity index (χ1n) is 4.77. The number of sulfone groups is 1. The van der Waals surface area contributed by atoms with Gasteiger partial charge in [-0.15, -0.1) is 0 Å². The van der Waals surface area contributed by atoms with Gasteiger partial charge in [0.05, 0.1) is 22.2 Å². The maximum Gasteiger partial charge on any atom is 0.335 e. The van der Waals surface area contributed by atoms with Crippen LogP contribution in [0.2, 0.25) is 0 Å². The molecule has 0 saturated carbocycles. The molecule has 0 aromatic heterocycles. The fraction of sp³-hybridized carbons (Fsp3) is 0.200. The molecule has 7 heteroatoms. The van der Waals surface area contributed by atoms with Crippen molar-refractivity contribution < 1.29 is 23.1 Å². The van der Waals surface area contributed by atoms with Crippen LogP contribution in [-0.2, 0) is 14.6 Å². The molecule has 1 aromatic rings. The van der Waals surface area contributed by atoms with E-state index in [1.165, 1.54) is 13.0 Å². The van der Waals surface area contributed by atoms with Crippen LogP contribution in [0.15, 0.2) is 23.1 Å². The molecular weight excluding hydrogens is 246 g/mol. The van der Waals surface area contributed by atoms with E-state index in [4.69, 9.17) is 5.11 Å². The SMILES string of the molecule is CC1Nc2cc(C(=O)O)ccc2S(=O)(=O)C1=O. The summed E-state index contributed by atoms with van der Waals surface area (Å²) >= 11 is 0. The maximum absolute atomic E-state index is 11.8. The topological polar surface area (TPSA) is 101 Å². The second-order valence-electron chi connectivity index (χ2n) is 3.70. The Hall–Kier alpha value is -1.89. The second kappa shape index (κ2) is 3.56. The number of carboxylic acid groups (broad SMARTS) is 1. The molecule has 2 N–H and O–H groups in total. The molecule has 2 rings (SSSR count). The number of hydrogen-bond donors (Lipinski definition) is 2. The van der Waals surface area contributed by atoms with Gasteiger partial charge >= 0.3 is 5.97 Å². The lowest BCUT2D eigenvalue weighted by Gasteiger charge is -2.22. The number of hydrogen-bond acceptors (Lipinski definition) is 5. The standard InChI is InChI=1S/C10H9NO5S/c1-5-10(14)17(15,16)8-3-2-6(9(12)13)4-7(8)11-5/h2-5,11H,1H3,(H,12,13). The van der Waals surface area contributed by atoms with Gasteiger partial charge < -0.3 is 10.4 Å². The smallest absolute Gasteiger partial charge is 0.335 e. The molecule has 1 aromatic carbocycles. The molecule has 0 aliphatic carbocycles. The van der Waals surface area contributed by atoms with Gasteiger partial charge in [-0.05, 0) is 25.1 Å². The predicted octanol–water partition coefficient (Wildman–Crippen LogP) is 0.499. The second-order valence-corrected chi connectivity index (χ2v) is 5.55. The van der Waals surface area contributed by atoms with Gasteiger partial charge in [-0.3, -0.25) is 4.79 Å². The van der Waals surface area contributed by atoms with E-state index in [9.17, 15) is 18.0 Å². The van der Waals surface area contributed by atoms with E-state index in [-0.39, 0.29) is 16.1 Å². The molecule has 1 unspecified atom stereocenters. The van der Waals surface area contributed by atoms with Crippen molar-refractivity contribution in [2.75, 3.05) is 5.32 Å². The van der Waals surface area contributed by atoms with Crippen LogP contribution in [0.5, 0.6) is 0 Å². The molecular formula is C10H9NO5S. The van der Waals surface area contributed by atoms with Crippen LogP contribution in [0, 0.1) is 0 Å². The molecule has 0 fully saturated rings. The lowest BCUT2D eigenvalue weighted by atomic mass is 10.2. The van der Waals surface area contributed by atoms with E-state index in [0.717, 1.165) is 12.1 Å². The highest BCUT2D eigenvalue weighted by molar-refractivity contribution is 8.06. The zero-order chi connectivity index (χ0) is 12.8. The van der Waals surface area contributed by atoms with Gasteiger partial charge in [-0.1, -0.05) is 0 Å². The number of carbonyl (C=O) groups excluding carboxylic acids is 1. The average Bonchev–Trinajstić information content (AvgIpc) is 2.25. The van der Waals surface area contributed by atoms with E-state index in [0.29, 0.717) is 0 Å². The van der Waals surface area contributed by atoms with Gasteiger partial charge in [-0.25, -0.2) is 13.2 Å². The number of anilines is 1. The quantitative estimate of drug-likeness (QED) is 0.757. The lowest BCUT2D eigenvalue weighted by Crippen LogP contribution is -2.37. The zero-order valence-electron chi connectivity index (χ0n) is 8.80. The summed E-state index contributed by atoms with van der Waals surface area (Å²) in [6.07, 6.45) is 0. The van der Waals surface area contributed by atoms with Crippen molar-refractivity contribution >= 4 is 26.6 Å². The number of rotatable bonds is 1. The highest BCUT2D eigenvalue weighted by Gasteiger charge is 2.37. The van der Waals surface area contributed by atoms with E-state index >= 15 is 0 Å². The van der Waals surface area contributed by atoms with Crippen LogP contribution in [0.25, 0.3) is 0 Å². The summed E-state index contributed by atoms with van der Waals surface area (Å²) in [6, 6.07) is 2.61. The number of carboxylic acids is 1. The molecule has 0 amide bonds. The minimum atomic E-state index is -4.01. The monoisotopic (exact) mass is 255 g/mol. The fourth-order valence-corrected chi connectivity index (χ4v) is 3.04. The van der Waals surface area contributed by atoms with Gasteiger partial charge in [0, 0.05) is 0 Å². The van der Waals surface area contributed by atoms with Crippen LogP contribution in [0.3, 0.4) is 0 Å². The summed E-state index contributed by atoms with van der Waals surface area (Å²) in [5.41, 5.74) is 0.116. The Morgan fingerprint density at radius 3 is 2.65 bits per heavy atom. The molecule has 1 heterocycles. The Kier molecular flexibility index (Phi) is 2.43. The first kappa shape index (κ1) is 11.6. The van der Waals surface area contributed by atoms with Gasteiger partial charge in [0.25, 0.3) is 5.12 Å². The number of carbonyl (C=O) groups is 2. The largest absolute Gasteiger partial charge is 0.478 e. The van der Waals surface area contributed by atoms with Crippen molar-refractivity contribution in [3.8, 4) is 0 Å². The van der Waals surface area contributed by atoms with Crippen molar-refractivity contribution in [2.24, 2.45) is 0 Å². The summed E-state index contributed by atoms with van der Waals surface area (Å²) < 4.78 is 23.5. The molecule has 90 valence electrons. The number of nitrogens with one attached hydrogen (secondary N) is 1. The summed E-state index contributed by atoms with van der Waals surface area (Å²) in [7, 11) is -4.01. The minimum Gasteiger partial charge on any atom is -0.478 e. The normalized spacial score (nSPS) is 21.5. The van der Waals surface area contributed by atoms with Crippen molar-refractivity contribution in [1.82, 2.24) is 0 Å². The maximum atomic E-state index is 11.8. The number of benzene rings is 1. The van der Waals surface area contributed by atoms with Crippen molar-refractivity contribution in [1.29, 1.82) is 0 Å². The van der Waals surface area contributed by atoms with Crippen molar-refractivity contribution in [3.05, 3.63) is 23.8 Å². The number of aromatic carboxylic acids is 1. The molecule has 1 aliphatic heterocycles. The fourth-order valence-electron chi connectivity index (χ4n) is 1.64. The minimum absolute atomic E-state index is 0.0343. The summed E-state index contributed by atoms with van der Waals surface area (Å²) in [5.74, 6) is -1.16. The van der Waals surface area contributed by atoms with Gasteiger partial charge in [-0.2, -0.15) is 0 Å². The van der Waals surface area contributed by atoms with E-state index in [2.05, 4.69) is 5.32 Å². The van der Waals surface area contributed by atoms with E-state index in [1.807, 2.05) is 0 Å². The van der Waals surface area contributed by atoms with E-state index in [1.54, 1.807) is 0 Å². The highest BCUT2D eigenvalue weighted by Crippen LogP contribution is 2.30. The van der Waals surface area contributed by atoms with Crippen LogP contribution in [0.1, 0.15) is 17.3 Å². The number of fused-ring (bicyclic) bond motifs is 1. The molecule has 0 saturated heterocycles. The summed E-state index contributed by atoms with van der Waals surface area (Å²) in [4.78, 5) is 22.0. The van der Waals surface area contributed by atoms with Crippen LogP contribution < -0.4 is 5.32 Å². The zero-order valence-corrected chi connectivity index (χ0v) is 9.61. The average molecular weight is 255 g/mol. The lowest BCUT2D eigenvalue weighted by molar-refractivity contribution is -0.112. The molecule has 0 spiro atoms.